The Hall–Kier alpha value is -5.94. The van der Waals surface area contributed by atoms with Gasteiger partial charge in [-0.1, -0.05) is 24.3 Å². The molecule has 2 aliphatic heterocycles. The summed E-state index contributed by atoms with van der Waals surface area (Å²) >= 11 is 0. The molecule has 6 aromatic rings. The molecular weight excluding hydrogens is 775 g/mol. The average molecular weight is 830 g/mol. The second-order valence-electron chi connectivity index (χ2n) is 15.8. The highest BCUT2D eigenvalue weighted by atomic mass is 16.5. The van der Waals surface area contributed by atoms with Crippen molar-refractivity contribution in [2.24, 2.45) is 14.1 Å². The Morgan fingerprint density at radius 3 is 1.82 bits per heavy atom. The molecule has 61 heavy (non-hydrogen) atoms. The lowest BCUT2D eigenvalue weighted by Crippen LogP contribution is -2.47. The zero-order chi connectivity index (χ0) is 42.3. The normalized spacial score (nSPS) is 15.9. The molecule has 2 saturated heterocycles. The fourth-order valence-corrected chi connectivity index (χ4v) is 7.99. The summed E-state index contributed by atoms with van der Waals surface area (Å²) in [5, 5.41) is 7.79. The molecular formula is C45H55N11O5. The maximum absolute atomic E-state index is 13.3. The van der Waals surface area contributed by atoms with Crippen LogP contribution in [0.1, 0.15) is 12.8 Å². The molecule has 1 unspecified atom stereocenters. The number of nitrogens with one attached hydrogen (secondary N) is 2. The van der Waals surface area contributed by atoms with E-state index in [2.05, 4.69) is 90.9 Å². The topological polar surface area (TPSA) is 157 Å². The van der Waals surface area contributed by atoms with Crippen molar-refractivity contribution in [3.05, 3.63) is 94.0 Å². The fraction of sp³-hybridized carbons (Fsp3) is 0.422. The first-order valence-electron chi connectivity index (χ1n) is 21.0. The Kier molecular flexibility index (Phi) is 13.1. The van der Waals surface area contributed by atoms with E-state index in [9.17, 15) is 9.59 Å². The van der Waals surface area contributed by atoms with Gasteiger partial charge in [0.2, 0.25) is 0 Å². The Morgan fingerprint density at radius 1 is 0.738 bits per heavy atom. The number of anilines is 4. The molecule has 1 atom stereocenters. The Balaban J connectivity index is 0.876. The van der Waals surface area contributed by atoms with Gasteiger partial charge in [-0.15, -0.1) is 0 Å². The quantitative estimate of drug-likeness (QED) is 0.134. The first-order chi connectivity index (χ1) is 29.7. The van der Waals surface area contributed by atoms with Gasteiger partial charge in [0, 0.05) is 96.1 Å². The van der Waals surface area contributed by atoms with Crippen molar-refractivity contribution in [2.75, 3.05) is 113 Å². The molecule has 8 rings (SSSR count). The fourth-order valence-electron chi connectivity index (χ4n) is 7.99. The Morgan fingerprint density at radius 2 is 1.26 bits per heavy atom. The molecule has 0 radical (unpaired) electrons. The number of aromatic nitrogens is 6. The maximum atomic E-state index is 13.3. The van der Waals surface area contributed by atoms with Crippen molar-refractivity contribution in [1.82, 2.24) is 34.0 Å². The third kappa shape index (κ3) is 9.67. The predicted molar refractivity (Wildman–Crippen MR) is 241 cm³/mol. The molecule has 2 fully saturated rings. The summed E-state index contributed by atoms with van der Waals surface area (Å²) in [5.74, 6) is 1.08. The van der Waals surface area contributed by atoms with Gasteiger partial charge in [-0.05, 0) is 62.8 Å². The molecule has 2 aromatic carbocycles. The van der Waals surface area contributed by atoms with E-state index < -0.39 is 0 Å². The lowest BCUT2D eigenvalue weighted by molar-refractivity contribution is 0.0206. The van der Waals surface area contributed by atoms with Crippen LogP contribution < -0.4 is 31.6 Å². The molecule has 0 aliphatic carbocycles. The van der Waals surface area contributed by atoms with E-state index in [0.29, 0.717) is 59.7 Å². The number of benzene rings is 2. The van der Waals surface area contributed by atoms with Crippen LogP contribution in [0.2, 0.25) is 0 Å². The molecule has 0 bridgehead atoms. The molecule has 0 saturated carbocycles. The number of aryl methyl sites for hydroxylation is 2. The molecule has 0 spiro atoms. The van der Waals surface area contributed by atoms with Crippen LogP contribution in [0.25, 0.3) is 44.3 Å². The minimum atomic E-state index is -0.140. The van der Waals surface area contributed by atoms with Gasteiger partial charge in [0.15, 0.2) is 0 Å². The van der Waals surface area contributed by atoms with Gasteiger partial charge in [0.25, 0.3) is 11.1 Å². The SMILES string of the molecule is COCCCNc1nc(-c2ccc(N3CCOC(CN(C)CCCNc4nc(-c5ccc(N6CCOCC6)cc5)cc5ncn(C)c(=O)c45)C3)cc2)cc2ncn(C)c(=O)c12. The third-order valence-electron chi connectivity index (χ3n) is 11.4. The van der Waals surface area contributed by atoms with Crippen molar-refractivity contribution in [3.63, 3.8) is 0 Å². The third-order valence-corrected chi connectivity index (χ3v) is 11.4. The van der Waals surface area contributed by atoms with E-state index in [1.165, 1.54) is 9.13 Å². The van der Waals surface area contributed by atoms with E-state index in [0.717, 1.165) is 99.2 Å². The average Bonchev–Trinajstić information content (AvgIpc) is 3.29. The van der Waals surface area contributed by atoms with Crippen LogP contribution in [0.4, 0.5) is 23.0 Å². The zero-order valence-electron chi connectivity index (χ0n) is 35.5. The highest BCUT2D eigenvalue weighted by molar-refractivity contribution is 5.92. The number of hydrogen-bond acceptors (Lipinski definition) is 14. The first kappa shape index (κ1) is 41.8. The van der Waals surface area contributed by atoms with Crippen molar-refractivity contribution in [3.8, 4) is 22.5 Å². The lowest BCUT2D eigenvalue weighted by Gasteiger charge is -2.36. The maximum Gasteiger partial charge on any atom is 0.264 e. The number of pyridine rings is 2. The van der Waals surface area contributed by atoms with Gasteiger partial charge >= 0.3 is 0 Å². The van der Waals surface area contributed by atoms with Gasteiger partial charge in [0.05, 0.1) is 61.0 Å². The number of morpholine rings is 2. The smallest absolute Gasteiger partial charge is 0.264 e. The first-order valence-corrected chi connectivity index (χ1v) is 21.0. The monoisotopic (exact) mass is 829 g/mol. The predicted octanol–water partition coefficient (Wildman–Crippen LogP) is 4.23. The van der Waals surface area contributed by atoms with Crippen molar-refractivity contribution in [1.29, 1.82) is 0 Å². The van der Waals surface area contributed by atoms with Crippen LogP contribution >= 0.6 is 0 Å². The van der Waals surface area contributed by atoms with Crippen molar-refractivity contribution >= 4 is 44.8 Å². The number of fused-ring (bicyclic) bond motifs is 2. The second-order valence-corrected chi connectivity index (χ2v) is 15.8. The number of ether oxygens (including phenoxy) is 3. The molecule has 16 heteroatoms. The molecule has 320 valence electrons. The van der Waals surface area contributed by atoms with Crippen LogP contribution in [-0.2, 0) is 28.3 Å². The summed E-state index contributed by atoms with van der Waals surface area (Å²) in [6.45, 7) is 8.90. The summed E-state index contributed by atoms with van der Waals surface area (Å²) in [6.07, 6.45) is 4.77. The van der Waals surface area contributed by atoms with Gasteiger partial charge in [-0.2, -0.15) is 0 Å². The number of rotatable bonds is 16. The van der Waals surface area contributed by atoms with E-state index >= 15 is 0 Å². The number of nitrogens with zero attached hydrogens (tertiary/aromatic N) is 9. The van der Waals surface area contributed by atoms with Crippen LogP contribution in [-0.4, -0.2) is 133 Å². The molecule has 0 amide bonds. The van der Waals surface area contributed by atoms with E-state index in [1.54, 1.807) is 33.9 Å². The summed E-state index contributed by atoms with van der Waals surface area (Å²) in [7, 11) is 7.20. The molecule has 2 N–H and O–H groups in total. The standard InChI is InChI=1S/C45H55N11O5/c1-52(17-5-15-46-42-40-38(48-29-53(2)44(40)57)25-36(50-42)31-7-11-33(12-8-31)55-18-22-60-23-19-55)27-35-28-56(20-24-61-35)34-13-9-32(10-14-34)37-26-39-41(45(58)54(3)30-49-39)43(51-37)47-16-6-21-59-4/h7-14,25-26,29-30,35H,5-6,15-24,27-28H2,1-4H3,(H,46,50)(H,47,51). The van der Waals surface area contributed by atoms with Crippen molar-refractivity contribution < 1.29 is 14.2 Å². The van der Waals surface area contributed by atoms with Crippen LogP contribution in [0.15, 0.2) is 82.9 Å². The summed E-state index contributed by atoms with van der Waals surface area (Å²) in [4.78, 5) is 52.3. The van der Waals surface area contributed by atoms with E-state index in [-0.39, 0.29) is 17.2 Å². The molecule has 16 nitrogen and oxygen atoms in total. The van der Waals surface area contributed by atoms with Gasteiger partial charge in [-0.3, -0.25) is 9.59 Å². The lowest BCUT2D eigenvalue weighted by atomic mass is 10.1. The number of likely N-dealkylation sites (N-methyl/N-ethyl adjacent to an activating group) is 1. The number of hydrogen-bond donors (Lipinski definition) is 2. The van der Waals surface area contributed by atoms with E-state index in [1.807, 2.05) is 12.1 Å². The summed E-state index contributed by atoms with van der Waals surface area (Å²) in [5.41, 5.74) is 6.64. The highest BCUT2D eigenvalue weighted by Crippen LogP contribution is 2.29. The minimum Gasteiger partial charge on any atom is -0.385 e. The Labute approximate surface area is 355 Å². The van der Waals surface area contributed by atoms with Crippen LogP contribution in [0, 0.1) is 0 Å². The van der Waals surface area contributed by atoms with Gasteiger partial charge < -0.3 is 48.7 Å². The minimum absolute atomic E-state index is 0.0417. The highest BCUT2D eigenvalue weighted by Gasteiger charge is 2.23. The van der Waals surface area contributed by atoms with Crippen LogP contribution in [0.3, 0.4) is 0 Å². The molecule has 6 heterocycles. The van der Waals surface area contributed by atoms with Crippen molar-refractivity contribution in [2.45, 2.75) is 18.9 Å². The number of methoxy groups -OCH3 is 1. The Bertz CT molecular complexity index is 2560. The second kappa shape index (κ2) is 19.2. The molecule has 4 aromatic heterocycles. The zero-order valence-corrected chi connectivity index (χ0v) is 35.5. The van der Waals surface area contributed by atoms with Gasteiger partial charge in [-0.25, -0.2) is 19.9 Å². The summed E-state index contributed by atoms with van der Waals surface area (Å²) < 4.78 is 19.9. The van der Waals surface area contributed by atoms with Gasteiger partial charge in [0.1, 0.15) is 22.4 Å². The van der Waals surface area contributed by atoms with E-state index in [4.69, 9.17) is 24.2 Å². The molecule has 2 aliphatic rings. The summed E-state index contributed by atoms with van der Waals surface area (Å²) in [6, 6.07) is 20.6. The largest absolute Gasteiger partial charge is 0.385 e. The van der Waals surface area contributed by atoms with Crippen LogP contribution in [0.5, 0.6) is 0 Å².